The van der Waals surface area contributed by atoms with Gasteiger partial charge in [0.05, 0.1) is 11.0 Å². The van der Waals surface area contributed by atoms with Crippen LogP contribution in [0.3, 0.4) is 0 Å². The standard InChI is InChI=1S/C56H44N2/c1-2-12-39-29-42(24-23-37(39)11-1)41-14-10-15-47(31-41)57(54-22-8-5-19-51(54)55-34-44-32-43-33-45(35-55)56(43,44)36-55)46-27-25-38(26-28-46)40-13-9-16-48(30-40)58-52-20-6-3-17-49(52)50-18-4-7-21-53(50)58/h1-31,43-45H,32-36H2/t43?,44-,45-,55?,56?/m0/s1. The zero-order valence-corrected chi connectivity index (χ0v) is 32.6. The highest BCUT2D eigenvalue weighted by molar-refractivity contribution is 6.09. The molecule has 0 aliphatic heterocycles. The number of nitrogens with zero attached hydrogens (tertiary/aromatic N) is 2. The maximum atomic E-state index is 2.57. The monoisotopic (exact) mass is 744 g/mol. The molecule has 13 rings (SSSR count). The molecule has 2 nitrogen and oxygen atoms in total. The summed E-state index contributed by atoms with van der Waals surface area (Å²) in [5.41, 5.74) is 14.8. The molecule has 1 spiro atoms. The summed E-state index contributed by atoms with van der Waals surface area (Å²) >= 11 is 0. The van der Waals surface area contributed by atoms with Gasteiger partial charge in [0.2, 0.25) is 0 Å². The lowest BCUT2D eigenvalue weighted by molar-refractivity contribution is -0.175. The molecular formula is C56H44N2. The van der Waals surface area contributed by atoms with Crippen LogP contribution in [-0.4, -0.2) is 4.57 Å². The first kappa shape index (κ1) is 32.7. The van der Waals surface area contributed by atoms with Crippen molar-refractivity contribution in [2.45, 2.75) is 37.5 Å². The maximum Gasteiger partial charge on any atom is 0.0541 e. The number of anilines is 3. The molecule has 2 atom stereocenters. The molecule has 0 saturated heterocycles. The Bertz CT molecular complexity index is 3020. The Balaban J connectivity index is 0.929. The van der Waals surface area contributed by atoms with Crippen LogP contribution in [0.5, 0.6) is 0 Å². The second-order valence-corrected chi connectivity index (χ2v) is 18.0. The Morgan fingerprint density at radius 2 is 1.07 bits per heavy atom. The van der Waals surface area contributed by atoms with Crippen LogP contribution in [0.4, 0.5) is 17.1 Å². The number of benzene rings is 8. The molecule has 1 aromatic heterocycles. The van der Waals surface area contributed by atoms with Crippen molar-refractivity contribution in [3.63, 3.8) is 0 Å². The van der Waals surface area contributed by atoms with Gasteiger partial charge in [-0.2, -0.15) is 0 Å². The van der Waals surface area contributed by atoms with Crippen LogP contribution in [0.25, 0.3) is 60.5 Å². The molecule has 4 aliphatic carbocycles. The van der Waals surface area contributed by atoms with Crippen molar-refractivity contribution in [1.82, 2.24) is 4.57 Å². The van der Waals surface area contributed by atoms with E-state index in [2.05, 4.69) is 198 Å². The fourth-order valence-corrected chi connectivity index (χ4v) is 13.0. The summed E-state index contributed by atoms with van der Waals surface area (Å²) < 4.78 is 2.41. The minimum absolute atomic E-state index is 0.276. The second kappa shape index (κ2) is 12.1. The van der Waals surface area contributed by atoms with Gasteiger partial charge in [0, 0.05) is 33.5 Å². The largest absolute Gasteiger partial charge is 0.310 e. The van der Waals surface area contributed by atoms with E-state index in [1.165, 1.54) is 110 Å². The van der Waals surface area contributed by atoms with E-state index in [0.717, 1.165) is 17.8 Å². The van der Waals surface area contributed by atoms with Gasteiger partial charge in [-0.3, -0.25) is 0 Å². The van der Waals surface area contributed by atoms with Crippen LogP contribution in [0.2, 0.25) is 0 Å². The van der Waals surface area contributed by atoms with Crippen molar-refractivity contribution in [3.8, 4) is 27.9 Å². The third kappa shape index (κ3) is 4.55. The molecule has 4 saturated carbocycles. The van der Waals surface area contributed by atoms with Crippen LogP contribution in [-0.2, 0) is 5.41 Å². The van der Waals surface area contributed by atoms with E-state index in [1.807, 2.05) is 0 Å². The van der Waals surface area contributed by atoms with Gasteiger partial charge in [-0.15, -0.1) is 0 Å². The van der Waals surface area contributed by atoms with Crippen molar-refractivity contribution in [3.05, 3.63) is 194 Å². The van der Waals surface area contributed by atoms with Gasteiger partial charge in [-0.05, 0) is 160 Å². The number of para-hydroxylation sites is 3. The van der Waals surface area contributed by atoms with Crippen molar-refractivity contribution in [1.29, 1.82) is 0 Å². The maximum absolute atomic E-state index is 2.57. The first-order valence-electron chi connectivity index (χ1n) is 21.3. The van der Waals surface area contributed by atoms with E-state index in [9.17, 15) is 0 Å². The topological polar surface area (TPSA) is 8.17 Å². The first-order chi connectivity index (χ1) is 28.6. The number of hydrogen-bond donors (Lipinski definition) is 0. The van der Waals surface area contributed by atoms with Crippen molar-refractivity contribution < 1.29 is 0 Å². The normalized spacial score (nSPS) is 23.8. The smallest absolute Gasteiger partial charge is 0.0541 e. The van der Waals surface area contributed by atoms with E-state index in [1.54, 1.807) is 5.56 Å². The Hall–Kier alpha value is -6.38. The van der Waals surface area contributed by atoms with Crippen LogP contribution in [0.1, 0.15) is 37.7 Å². The van der Waals surface area contributed by atoms with E-state index >= 15 is 0 Å². The third-order valence-corrected chi connectivity index (χ3v) is 15.4. The minimum Gasteiger partial charge on any atom is -0.310 e. The van der Waals surface area contributed by atoms with Crippen LogP contribution in [0, 0.1) is 23.2 Å². The molecular weight excluding hydrogens is 701 g/mol. The van der Waals surface area contributed by atoms with Crippen molar-refractivity contribution in [2.24, 2.45) is 23.2 Å². The quantitative estimate of drug-likeness (QED) is 0.158. The van der Waals surface area contributed by atoms with E-state index < -0.39 is 0 Å². The average Bonchev–Trinajstić information content (AvgIpc) is 3.90. The van der Waals surface area contributed by atoms with Gasteiger partial charge < -0.3 is 9.47 Å². The average molecular weight is 745 g/mol. The molecule has 2 bridgehead atoms. The first-order valence-corrected chi connectivity index (χ1v) is 21.3. The van der Waals surface area contributed by atoms with Crippen molar-refractivity contribution in [2.75, 3.05) is 4.90 Å². The molecule has 4 aliphatic rings. The fraction of sp³-hybridized carbons (Fsp3) is 0.179. The van der Waals surface area contributed by atoms with Gasteiger partial charge in [0.1, 0.15) is 0 Å². The SMILES string of the molecule is c1cc(-c2ccc3ccccc3c2)cc(N(c2ccc(-c3cccc(-n4c5ccccc5c5ccccc54)c3)cc2)c2ccccc2C23C[C@@H]4CC5C[C@@H](C2)C54C3)c1. The van der Waals surface area contributed by atoms with Gasteiger partial charge in [-0.1, -0.05) is 127 Å². The molecule has 0 N–H and O–H groups in total. The molecule has 58 heavy (non-hydrogen) atoms. The Kier molecular flexibility index (Phi) is 6.80. The second-order valence-electron chi connectivity index (χ2n) is 18.0. The highest BCUT2D eigenvalue weighted by Gasteiger charge is 2.77. The molecule has 8 aromatic carbocycles. The Labute approximate surface area is 340 Å². The predicted octanol–water partition coefficient (Wildman–Crippen LogP) is 14.8. The zero-order chi connectivity index (χ0) is 38.0. The summed E-state index contributed by atoms with van der Waals surface area (Å²) in [6.45, 7) is 0. The van der Waals surface area contributed by atoms with Gasteiger partial charge in [0.15, 0.2) is 0 Å². The predicted molar refractivity (Wildman–Crippen MR) is 242 cm³/mol. The van der Waals surface area contributed by atoms with E-state index in [4.69, 9.17) is 0 Å². The minimum atomic E-state index is 0.276. The van der Waals surface area contributed by atoms with Crippen LogP contribution in [0.15, 0.2) is 188 Å². The zero-order valence-electron chi connectivity index (χ0n) is 32.6. The lowest BCUT2D eigenvalue weighted by atomic mass is 9.38. The van der Waals surface area contributed by atoms with Crippen molar-refractivity contribution >= 4 is 49.6 Å². The molecule has 0 radical (unpaired) electrons. The Morgan fingerprint density at radius 1 is 0.448 bits per heavy atom. The Morgan fingerprint density at radius 3 is 1.81 bits per heavy atom. The summed E-state index contributed by atoms with van der Waals surface area (Å²) in [7, 11) is 0. The summed E-state index contributed by atoms with van der Waals surface area (Å²) in [6.07, 6.45) is 7.06. The molecule has 9 aromatic rings. The van der Waals surface area contributed by atoms with Crippen LogP contribution >= 0.6 is 0 Å². The van der Waals surface area contributed by atoms with Gasteiger partial charge >= 0.3 is 0 Å². The lowest BCUT2D eigenvalue weighted by Gasteiger charge is -2.66. The highest BCUT2D eigenvalue weighted by atomic mass is 15.1. The molecule has 1 heterocycles. The number of aromatic nitrogens is 1. The molecule has 278 valence electrons. The number of hydrogen-bond acceptors (Lipinski definition) is 1. The fourth-order valence-electron chi connectivity index (χ4n) is 13.0. The van der Waals surface area contributed by atoms with E-state index in [-0.39, 0.29) is 5.41 Å². The summed E-state index contributed by atoms with van der Waals surface area (Å²) in [5, 5.41) is 5.12. The van der Waals surface area contributed by atoms with Crippen LogP contribution < -0.4 is 4.90 Å². The van der Waals surface area contributed by atoms with E-state index in [0.29, 0.717) is 5.41 Å². The molecule has 0 unspecified atom stereocenters. The van der Waals surface area contributed by atoms with Gasteiger partial charge in [-0.25, -0.2) is 0 Å². The van der Waals surface area contributed by atoms with Gasteiger partial charge in [0.25, 0.3) is 0 Å². The summed E-state index contributed by atoms with van der Waals surface area (Å²) in [6, 6.07) is 70.2. The molecule has 4 fully saturated rings. The third-order valence-electron chi connectivity index (χ3n) is 15.4. The molecule has 0 amide bonds. The number of fused-ring (bicyclic) bond motifs is 5. The molecule has 2 heteroatoms. The summed E-state index contributed by atoms with van der Waals surface area (Å²) in [4.78, 5) is 2.57. The lowest BCUT2D eigenvalue weighted by Crippen LogP contribution is -2.59. The highest BCUT2D eigenvalue weighted by Crippen LogP contribution is 2.84. The summed E-state index contributed by atoms with van der Waals surface area (Å²) in [5.74, 6) is 2.86. The number of rotatable bonds is 7.